The Morgan fingerprint density at radius 1 is 1.24 bits per heavy atom. The van der Waals surface area contributed by atoms with Gasteiger partial charge in [0, 0.05) is 24.6 Å². The first-order valence-corrected chi connectivity index (χ1v) is 6.86. The summed E-state index contributed by atoms with van der Waals surface area (Å²) in [6.45, 7) is 2.95. The zero-order valence-corrected chi connectivity index (χ0v) is 11.7. The molecule has 0 amide bonds. The van der Waals surface area contributed by atoms with Crippen molar-refractivity contribution in [1.29, 1.82) is 0 Å². The first kappa shape index (κ1) is 13.4. The number of rotatable bonds is 5. The summed E-state index contributed by atoms with van der Waals surface area (Å²) in [5.74, 6) is 1.14. The van der Waals surface area contributed by atoms with Crippen molar-refractivity contribution in [3.63, 3.8) is 0 Å². The van der Waals surface area contributed by atoms with Crippen LogP contribution in [0, 0.1) is 5.82 Å². The number of nitrogens with one attached hydrogen (secondary N) is 2. The molecule has 0 aliphatic carbocycles. The normalized spacial score (nSPS) is 10.8. The monoisotopic (exact) mass is 285 g/mol. The molecule has 2 heterocycles. The van der Waals surface area contributed by atoms with Crippen molar-refractivity contribution in [2.75, 3.05) is 17.2 Å². The quantitative estimate of drug-likeness (QED) is 0.754. The number of nitrogens with zero attached hydrogens (tertiary/aromatic N) is 3. The summed E-state index contributed by atoms with van der Waals surface area (Å²) in [5.41, 5.74) is 1.49. The molecule has 0 saturated heterocycles. The van der Waals surface area contributed by atoms with E-state index in [0.29, 0.717) is 5.82 Å². The molecular formula is C15H16FN5. The Bertz CT molecular complexity index is 735. The summed E-state index contributed by atoms with van der Waals surface area (Å²) >= 11 is 0. The van der Waals surface area contributed by atoms with Crippen LogP contribution in [0.1, 0.15) is 13.3 Å². The van der Waals surface area contributed by atoms with Crippen LogP contribution in [0.15, 0.2) is 42.9 Å². The summed E-state index contributed by atoms with van der Waals surface area (Å²) in [5, 5.41) is 6.43. The molecule has 0 saturated carbocycles. The van der Waals surface area contributed by atoms with E-state index in [1.165, 1.54) is 12.1 Å². The number of hydrogen-bond donors (Lipinski definition) is 2. The summed E-state index contributed by atoms with van der Waals surface area (Å²) in [6.07, 6.45) is 6.50. The molecule has 1 aromatic carbocycles. The molecule has 21 heavy (non-hydrogen) atoms. The number of hydrogen-bond acceptors (Lipinski definition) is 4. The van der Waals surface area contributed by atoms with Crippen LogP contribution >= 0.6 is 0 Å². The average molecular weight is 285 g/mol. The van der Waals surface area contributed by atoms with Gasteiger partial charge in [-0.15, -0.1) is 0 Å². The second-order valence-electron chi connectivity index (χ2n) is 4.69. The number of fused-ring (bicyclic) bond motifs is 1. The molecule has 0 spiro atoms. The maximum atomic E-state index is 13.0. The van der Waals surface area contributed by atoms with Gasteiger partial charge in [0.25, 0.3) is 0 Å². The Balaban J connectivity index is 1.95. The number of benzene rings is 1. The first-order chi connectivity index (χ1) is 10.3. The van der Waals surface area contributed by atoms with Crippen LogP contribution in [-0.2, 0) is 0 Å². The van der Waals surface area contributed by atoms with Crippen LogP contribution in [0.3, 0.4) is 0 Å². The standard InChI is InChI=1S/C15H16FN5/c1-2-7-17-13-10-21-9-8-18-15(21)14(20-13)19-12-5-3-11(16)4-6-12/h3-6,8-10,17H,2,7H2,1H3,(H,19,20). The van der Waals surface area contributed by atoms with Gasteiger partial charge in [-0.25, -0.2) is 14.4 Å². The molecule has 5 nitrogen and oxygen atoms in total. The minimum absolute atomic E-state index is 0.266. The van der Waals surface area contributed by atoms with Crippen molar-refractivity contribution in [3.05, 3.63) is 48.7 Å². The summed E-state index contributed by atoms with van der Waals surface area (Å²) in [4.78, 5) is 8.82. The van der Waals surface area contributed by atoms with Crippen molar-refractivity contribution < 1.29 is 4.39 Å². The predicted octanol–water partition coefficient (Wildman–Crippen LogP) is 3.43. The van der Waals surface area contributed by atoms with E-state index in [0.717, 1.165) is 30.1 Å². The lowest BCUT2D eigenvalue weighted by Crippen LogP contribution is -2.06. The van der Waals surface area contributed by atoms with Crippen molar-refractivity contribution in [3.8, 4) is 0 Å². The summed E-state index contributed by atoms with van der Waals surface area (Å²) in [6, 6.07) is 6.15. The maximum Gasteiger partial charge on any atom is 0.180 e. The maximum absolute atomic E-state index is 13.0. The third-order valence-corrected chi connectivity index (χ3v) is 3.04. The van der Waals surface area contributed by atoms with Gasteiger partial charge in [-0.2, -0.15) is 0 Å². The van der Waals surface area contributed by atoms with Crippen molar-refractivity contribution in [2.45, 2.75) is 13.3 Å². The Hall–Kier alpha value is -2.63. The summed E-state index contributed by atoms with van der Waals surface area (Å²) in [7, 11) is 0. The molecule has 6 heteroatoms. The van der Waals surface area contributed by atoms with Gasteiger partial charge in [-0.05, 0) is 30.7 Å². The molecule has 0 aliphatic rings. The molecule has 3 rings (SSSR count). The highest BCUT2D eigenvalue weighted by Gasteiger charge is 2.07. The molecule has 2 N–H and O–H groups in total. The van der Waals surface area contributed by atoms with Gasteiger partial charge in [0.1, 0.15) is 11.6 Å². The van der Waals surface area contributed by atoms with E-state index >= 15 is 0 Å². The molecule has 0 fully saturated rings. The molecule has 0 radical (unpaired) electrons. The second kappa shape index (κ2) is 5.78. The Morgan fingerprint density at radius 3 is 2.81 bits per heavy atom. The topological polar surface area (TPSA) is 54.2 Å². The van der Waals surface area contributed by atoms with Gasteiger partial charge < -0.3 is 15.0 Å². The van der Waals surface area contributed by atoms with E-state index < -0.39 is 0 Å². The van der Waals surface area contributed by atoms with Crippen LogP contribution in [0.2, 0.25) is 0 Å². The van der Waals surface area contributed by atoms with E-state index in [4.69, 9.17) is 0 Å². The van der Waals surface area contributed by atoms with Crippen LogP contribution < -0.4 is 10.6 Å². The van der Waals surface area contributed by atoms with Crippen LogP contribution in [0.25, 0.3) is 5.65 Å². The number of aromatic nitrogens is 3. The first-order valence-electron chi connectivity index (χ1n) is 6.86. The molecule has 0 atom stereocenters. The minimum atomic E-state index is -0.266. The Morgan fingerprint density at radius 2 is 2.05 bits per heavy atom. The van der Waals surface area contributed by atoms with E-state index in [1.54, 1.807) is 18.3 Å². The Kier molecular flexibility index (Phi) is 3.68. The lowest BCUT2D eigenvalue weighted by Gasteiger charge is -2.10. The van der Waals surface area contributed by atoms with Gasteiger partial charge in [-0.3, -0.25) is 0 Å². The number of anilines is 3. The fraction of sp³-hybridized carbons (Fsp3) is 0.200. The van der Waals surface area contributed by atoms with E-state index in [2.05, 4.69) is 27.5 Å². The molecule has 108 valence electrons. The third-order valence-electron chi connectivity index (χ3n) is 3.04. The van der Waals surface area contributed by atoms with E-state index in [9.17, 15) is 4.39 Å². The largest absolute Gasteiger partial charge is 0.369 e. The van der Waals surface area contributed by atoms with Crippen LogP contribution in [0.5, 0.6) is 0 Å². The van der Waals surface area contributed by atoms with Crippen LogP contribution in [0.4, 0.5) is 21.7 Å². The molecule has 3 aromatic rings. The molecule has 0 bridgehead atoms. The lowest BCUT2D eigenvalue weighted by molar-refractivity contribution is 0.628. The van der Waals surface area contributed by atoms with Crippen molar-refractivity contribution in [1.82, 2.24) is 14.4 Å². The molecule has 0 aliphatic heterocycles. The Labute approximate surface area is 121 Å². The lowest BCUT2D eigenvalue weighted by atomic mass is 10.3. The zero-order chi connectivity index (χ0) is 14.7. The fourth-order valence-electron chi connectivity index (χ4n) is 2.02. The highest BCUT2D eigenvalue weighted by molar-refractivity contribution is 5.71. The van der Waals surface area contributed by atoms with Gasteiger partial charge >= 0.3 is 0 Å². The fourth-order valence-corrected chi connectivity index (χ4v) is 2.02. The highest BCUT2D eigenvalue weighted by atomic mass is 19.1. The summed E-state index contributed by atoms with van der Waals surface area (Å²) < 4.78 is 14.9. The minimum Gasteiger partial charge on any atom is -0.369 e. The number of imidazole rings is 1. The van der Waals surface area contributed by atoms with Crippen molar-refractivity contribution >= 4 is 23.0 Å². The SMILES string of the molecule is CCCNc1cn2ccnc2c(Nc2ccc(F)cc2)n1. The van der Waals surface area contributed by atoms with Crippen molar-refractivity contribution in [2.24, 2.45) is 0 Å². The smallest absolute Gasteiger partial charge is 0.180 e. The molecule has 2 aromatic heterocycles. The van der Waals surface area contributed by atoms with Gasteiger partial charge in [0.2, 0.25) is 0 Å². The average Bonchev–Trinajstić information content (AvgIpc) is 2.96. The third kappa shape index (κ3) is 2.94. The second-order valence-corrected chi connectivity index (χ2v) is 4.69. The van der Waals surface area contributed by atoms with Gasteiger partial charge in [0.05, 0.1) is 6.20 Å². The van der Waals surface area contributed by atoms with E-state index in [1.807, 2.05) is 16.8 Å². The predicted molar refractivity (Wildman–Crippen MR) is 81.5 cm³/mol. The highest BCUT2D eigenvalue weighted by Crippen LogP contribution is 2.21. The van der Waals surface area contributed by atoms with E-state index in [-0.39, 0.29) is 5.82 Å². The molecule has 0 unspecified atom stereocenters. The number of halogens is 1. The molecular weight excluding hydrogens is 269 g/mol. The van der Waals surface area contributed by atoms with Crippen LogP contribution in [-0.4, -0.2) is 20.9 Å². The zero-order valence-electron chi connectivity index (χ0n) is 11.7. The van der Waals surface area contributed by atoms with Gasteiger partial charge in [0.15, 0.2) is 11.5 Å². The van der Waals surface area contributed by atoms with Gasteiger partial charge in [-0.1, -0.05) is 6.92 Å².